The Balaban J connectivity index is 2.08. The Morgan fingerprint density at radius 3 is 2.42 bits per heavy atom. The highest BCUT2D eigenvalue weighted by molar-refractivity contribution is 14.1. The molecular weight excluding hydrogens is 351 g/mol. The molecule has 5 heteroatoms. The molecule has 0 radical (unpaired) electrons. The Labute approximate surface area is 129 Å². The van der Waals surface area contributed by atoms with Gasteiger partial charge in [-0.1, -0.05) is 57.8 Å². The van der Waals surface area contributed by atoms with Gasteiger partial charge in [-0.25, -0.2) is 4.68 Å². The van der Waals surface area contributed by atoms with Crippen LogP contribution in [-0.2, 0) is 13.0 Å². The number of aromatic nitrogens is 4. The normalized spacial score (nSPS) is 10.2. The summed E-state index contributed by atoms with van der Waals surface area (Å²) in [5, 5.41) is 11.7. The lowest BCUT2D eigenvalue weighted by Gasteiger charge is -2.02. The summed E-state index contributed by atoms with van der Waals surface area (Å²) < 4.78 is 4.64. The second-order valence-electron chi connectivity index (χ2n) is 4.75. The van der Waals surface area contributed by atoms with Gasteiger partial charge in [0.1, 0.15) is 6.54 Å². The van der Waals surface area contributed by atoms with Crippen molar-refractivity contribution >= 4 is 22.6 Å². The number of rotatable bonds is 10. The minimum absolute atomic E-state index is 0.599. The zero-order valence-electron chi connectivity index (χ0n) is 11.7. The van der Waals surface area contributed by atoms with Crippen molar-refractivity contribution in [1.29, 1.82) is 0 Å². The number of hydrogen-bond acceptors (Lipinski definition) is 3. The Hall–Kier alpha value is -0.640. The van der Waals surface area contributed by atoms with Crippen LogP contribution >= 0.6 is 22.6 Å². The minimum Gasteiger partial charge on any atom is -0.218 e. The summed E-state index contributed by atoms with van der Waals surface area (Å²) in [5.41, 5.74) is 0. The first kappa shape index (κ1) is 16.4. The fourth-order valence-corrected chi connectivity index (χ4v) is 2.22. The van der Waals surface area contributed by atoms with Crippen LogP contribution in [0.3, 0.4) is 0 Å². The van der Waals surface area contributed by atoms with Crippen LogP contribution in [0.2, 0.25) is 0 Å². The molecule has 0 saturated heterocycles. The van der Waals surface area contributed by atoms with Gasteiger partial charge in [-0.05, 0) is 20.8 Å². The maximum Gasteiger partial charge on any atom is 0.152 e. The number of halogens is 1. The zero-order valence-corrected chi connectivity index (χ0v) is 13.9. The number of tetrazole rings is 1. The summed E-state index contributed by atoms with van der Waals surface area (Å²) in [5.74, 6) is 3.94. The highest BCUT2D eigenvalue weighted by Gasteiger charge is 2.03. The van der Waals surface area contributed by atoms with Gasteiger partial charge in [0, 0.05) is 29.0 Å². The van der Waals surface area contributed by atoms with Gasteiger partial charge in [0.25, 0.3) is 0 Å². The van der Waals surface area contributed by atoms with Crippen LogP contribution < -0.4 is 0 Å². The molecule has 0 saturated carbocycles. The first-order valence-electron chi connectivity index (χ1n) is 7.22. The molecule has 0 atom stereocenters. The van der Waals surface area contributed by atoms with E-state index in [2.05, 4.69) is 32.3 Å². The van der Waals surface area contributed by atoms with Gasteiger partial charge in [0.05, 0.1) is 0 Å². The molecule has 4 nitrogen and oxygen atoms in total. The monoisotopic (exact) mass is 374 g/mol. The van der Waals surface area contributed by atoms with Crippen LogP contribution in [0.25, 0.3) is 0 Å². The Morgan fingerprint density at radius 1 is 1.05 bits per heavy atom. The SMILES string of the molecule is CCCCCCCCCCc1nnnn1CC#CI. The van der Waals surface area contributed by atoms with E-state index in [1.165, 1.54) is 51.4 Å². The third-order valence-corrected chi connectivity index (χ3v) is 3.54. The highest BCUT2D eigenvalue weighted by atomic mass is 127. The van der Waals surface area contributed by atoms with Gasteiger partial charge in [0.15, 0.2) is 5.82 Å². The van der Waals surface area contributed by atoms with Crippen molar-refractivity contribution in [1.82, 2.24) is 20.2 Å². The molecule has 0 bridgehead atoms. The molecule has 0 fully saturated rings. The molecule has 0 amide bonds. The largest absolute Gasteiger partial charge is 0.218 e. The molecule has 1 rings (SSSR count). The zero-order chi connectivity index (χ0) is 13.8. The fraction of sp³-hybridized carbons (Fsp3) is 0.786. The lowest BCUT2D eigenvalue weighted by molar-refractivity contribution is 0.561. The molecule has 0 N–H and O–H groups in total. The second-order valence-corrected chi connectivity index (χ2v) is 5.29. The first-order chi connectivity index (χ1) is 9.38. The maximum atomic E-state index is 4.06. The van der Waals surface area contributed by atoms with Gasteiger partial charge in [-0.2, -0.15) is 0 Å². The van der Waals surface area contributed by atoms with Crippen LogP contribution in [-0.4, -0.2) is 20.2 Å². The highest BCUT2D eigenvalue weighted by Crippen LogP contribution is 2.10. The molecule has 0 aliphatic rings. The molecule has 106 valence electrons. The van der Waals surface area contributed by atoms with Crippen molar-refractivity contribution < 1.29 is 0 Å². The first-order valence-corrected chi connectivity index (χ1v) is 8.30. The molecule has 0 aliphatic heterocycles. The molecule has 1 heterocycles. The Bertz CT molecular complexity index is 392. The summed E-state index contributed by atoms with van der Waals surface area (Å²) in [6, 6.07) is 0. The summed E-state index contributed by atoms with van der Waals surface area (Å²) in [4.78, 5) is 0. The van der Waals surface area contributed by atoms with E-state index in [1.807, 2.05) is 22.6 Å². The average Bonchev–Trinajstić information content (AvgIpc) is 2.87. The standard InChI is InChI=1S/C14H23IN4/c1-2-3-4-5-6-7-8-9-11-14-16-17-18-19(14)13-10-12-15/h2-9,11,13H2,1H3. The summed E-state index contributed by atoms with van der Waals surface area (Å²) in [6.45, 7) is 2.86. The number of hydrogen-bond donors (Lipinski definition) is 0. The predicted octanol–water partition coefficient (Wildman–Crippen LogP) is 3.75. The smallest absolute Gasteiger partial charge is 0.152 e. The fourth-order valence-electron chi connectivity index (χ4n) is 2.05. The predicted molar refractivity (Wildman–Crippen MR) is 85.9 cm³/mol. The molecule has 0 aromatic carbocycles. The van der Waals surface area contributed by atoms with Gasteiger partial charge < -0.3 is 0 Å². The van der Waals surface area contributed by atoms with Crippen LogP contribution in [0.5, 0.6) is 0 Å². The molecule has 0 aliphatic carbocycles. The summed E-state index contributed by atoms with van der Waals surface area (Å²) in [7, 11) is 0. The van der Waals surface area contributed by atoms with Gasteiger partial charge >= 0.3 is 0 Å². The molecule has 19 heavy (non-hydrogen) atoms. The number of unbranched alkanes of at least 4 members (excludes halogenated alkanes) is 7. The third kappa shape index (κ3) is 7.51. The van der Waals surface area contributed by atoms with Crippen LogP contribution in [0.4, 0.5) is 0 Å². The number of nitrogens with zero attached hydrogens (tertiary/aromatic N) is 4. The van der Waals surface area contributed by atoms with E-state index in [-0.39, 0.29) is 0 Å². The van der Waals surface area contributed by atoms with Gasteiger partial charge in [-0.15, -0.1) is 5.10 Å². The Morgan fingerprint density at radius 2 is 1.74 bits per heavy atom. The van der Waals surface area contributed by atoms with Crippen molar-refractivity contribution in [3.05, 3.63) is 5.82 Å². The average molecular weight is 374 g/mol. The van der Waals surface area contributed by atoms with Gasteiger partial charge in [0.2, 0.25) is 0 Å². The van der Waals surface area contributed by atoms with E-state index in [1.54, 1.807) is 4.68 Å². The van der Waals surface area contributed by atoms with Crippen LogP contribution in [0.1, 0.15) is 64.1 Å². The second kappa shape index (κ2) is 11.2. The quantitative estimate of drug-likeness (QED) is 0.356. The Kier molecular flexibility index (Phi) is 9.68. The number of aryl methyl sites for hydroxylation is 1. The van der Waals surface area contributed by atoms with E-state index >= 15 is 0 Å². The van der Waals surface area contributed by atoms with Crippen molar-refractivity contribution in [3.63, 3.8) is 0 Å². The molecular formula is C14H23IN4. The van der Waals surface area contributed by atoms with Crippen LogP contribution in [0.15, 0.2) is 0 Å². The van der Waals surface area contributed by atoms with Crippen molar-refractivity contribution in [2.24, 2.45) is 0 Å². The molecule has 0 unspecified atom stereocenters. The summed E-state index contributed by atoms with van der Waals surface area (Å²) in [6.07, 6.45) is 11.6. The maximum absolute atomic E-state index is 4.06. The molecule has 1 aromatic rings. The molecule has 0 spiro atoms. The topological polar surface area (TPSA) is 43.6 Å². The van der Waals surface area contributed by atoms with Gasteiger partial charge in [-0.3, -0.25) is 0 Å². The third-order valence-electron chi connectivity index (χ3n) is 3.16. The molecule has 1 aromatic heterocycles. The lowest BCUT2D eigenvalue weighted by Crippen LogP contribution is -2.04. The van der Waals surface area contributed by atoms with E-state index in [0.29, 0.717) is 6.54 Å². The van der Waals surface area contributed by atoms with Crippen molar-refractivity contribution in [2.45, 2.75) is 71.3 Å². The van der Waals surface area contributed by atoms with E-state index in [0.717, 1.165) is 12.2 Å². The minimum atomic E-state index is 0.599. The lowest BCUT2D eigenvalue weighted by atomic mass is 10.1. The van der Waals surface area contributed by atoms with E-state index < -0.39 is 0 Å². The van der Waals surface area contributed by atoms with Crippen molar-refractivity contribution in [2.75, 3.05) is 0 Å². The summed E-state index contributed by atoms with van der Waals surface area (Å²) >= 11 is 2.03. The van der Waals surface area contributed by atoms with E-state index in [9.17, 15) is 0 Å². The van der Waals surface area contributed by atoms with Crippen molar-refractivity contribution in [3.8, 4) is 9.85 Å². The van der Waals surface area contributed by atoms with E-state index in [4.69, 9.17) is 0 Å². The van der Waals surface area contributed by atoms with Crippen LogP contribution in [0, 0.1) is 9.85 Å².